The second kappa shape index (κ2) is 12.4. The van der Waals surface area contributed by atoms with E-state index < -0.39 is 0 Å². The zero-order valence-corrected chi connectivity index (χ0v) is 16.5. The normalized spacial score (nSPS) is 11.2. The molecule has 0 radical (unpaired) electrons. The second-order valence-electron chi connectivity index (χ2n) is 7.31. The maximum atomic E-state index is 10.2. The maximum absolute atomic E-state index is 10.2. The summed E-state index contributed by atoms with van der Waals surface area (Å²) < 4.78 is 0. The van der Waals surface area contributed by atoms with E-state index in [0.717, 1.165) is 24.2 Å². The number of unbranched alkanes of at least 4 members (excludes halogenated alkanes) is 9. The predicted octanol–water partition coefficient (Wildman–Crippen LogP) is 6.33. The van der Waals surface area contributed by atoms with Crippen LogP contribution in [0.5, 0.6) is 5.75 Å². The summed E-state index contributed by atoms with van der Waals surface area (Å²) in [6.07, 6.45) is 13.7. The number of aromatic hydroxyl groups is 1. The third-order valence-corrected chi connectivity index (χ3v) is 5.23. The lowest BCUT2D eigenvalue weighted by Gasteiger charge is -2.13. The van der Waals surface area contributed by atoms with Crippen LogP contribution in [0.2, 0.25) is 0 Å². The van der Waals surface area contributed by atoms with Crippen LogP contribution in [-0.2, 0) is 6.54 Å². The Morgan fingerprint density at radius 3 is 1.92 bits per heavy atom. The summed E-state index contributed by atoms with van der Waals surface area (Å²) in [6.45, 7) is 10.3. The summed E-state index contributed by atoms with van der Waals surface area (Å²) in [4.78, 5) is 0. The zero-order valence-electron chi connectivity index (χ0n) is 16.5. The van der Waals surface area contributed by atoms with Crippen molar-refractivity contribution in [3.8, 4) is 5.75 Å². The van der Waals surface area contributed by atoms with Crippen molar-refractivity contribution >= 4 is 0 Å². The van der Waals surface area contributed by atoms with Gasteiger partial charge in [0.25, 0.3) is 0 Å². The number of nitrogens with one attached hydrogen (secondary N) is 1. The van der Waals surface area contributed by atoms with Crippen molar-refractivity contribution in [2.24, 2.45) is 0 Å². The van der Waals surface area contributed by atoms with Gasteiger partial charge in [-0.1, -0.05) is 70.8 Å². The van der Waals surface area contributed by atoms with Gasteiger partial charge >= 0.3 is 0 Å². The fourth-order valence-electron chi connectivity index (χ4n) is 3.25. The minimum absolute atomic E-state index is 0.466. The summed E-state index contributed by atoms with van der Waals surface area (Å²) in [5.41, 5.74) is 4.51. The van der Waals surface area contributed by atoms with Gasteiger partial charge in [0.2, 0.25) is 0 Å². The third-order valence-electron chi connectivity index (χ3n) is 5.23. The standard InChI is InChI=1S/C22H39NO/c1-5-6-7-8-9-10-11-12-13-14-15-23-17-21-16-18(2)19(3)20(4)22(21)24/h16,23-24H,5-15,17H2,1-4H3. The first-order valence-corrected chi connectivity index (χ1v) is 10.1. The molecule has 0 heterocycles. The molecular weight excluding hydrogens is 294 g/mol. The fraction of sp³-hybridized carbons (Fsp3) is 0.727. The lowest BCUT2D eigenvalue weighted by Crippen LogP contribution is -2.15. The van der Waals surface area contributed by atoms with Crippen molar-refractivity contribution in [3.05, 3.63) is 28.3 Å². The van der Waals surface area contributed by atoms with Crippen LogP contribution in [-0.4, -0.2) is 11.7 Å². The molecule has 1 rings (SSSR count). The highest BCUT2D eigenvalue weighted by Crippen LogP contribution is 2.27. The molecule has 0 bridgehead atoms. The highest BCUT2D eigenvalue weighted by Gasteiger charge is 2.09. The number of hydrogen-bond acceptors (Lipinski definition) is 2. The van der Waals surface area contributed by atoms with Gasteiger partial charge in [-0.3, -0.25) is 0 Å². The molecule has 0 atom stereocenters. The SMILES string of the molecule is CCCCCCCCCCCCNCc1cc(C)c(C)c(C)c1O. The molecule has 0 unspecified atom stereocenters. The minimum atomic E-state index is 0.466. The van der Waals surface area contributed by atoms with Crippen molar-refractivity contribution < 1.29 is 5.11 Å². The molecule has 0 fully saturated rings. The van der Waals surface area contributed by atoms with Crippen LogP contribution < -0.4 is 5.32 Å². The Balaban J connectivity index is 2.05. The Hall–Kier alpha value is -1.02. The number of aryl methyl sites for hydroxylation is 1. The number of hydrogen-bond donors (Lipinski definition) is 2. The first-order valence-electron chi connectivity index (χ1n) is 10.1. The molecule has 0 aliphatic heterocycles. The van der Waals surface area contributed by atoms with Gasteiger partial charge in [0.15, 0.2) is 0 Å². The molecule has 2 nitrogen and oxygen atoms in total. The Morgan fingerprint density at radius 1 is 0.792 bits per heavy atom. The smallest absolute Gasteiger partial charge is 0.123 e. The molecule has 2 heteroatoms. The molecule has 138 valence electrons. The molecule has 0 saturated carbocycles. The summed E-state index contributed by atoms with van der Waals surface area (Å²) in [6, 6.07) is 2.11. The average molecular weight is 334 g/mol. The Bertz CT molecular complexity index is 468. The van der Waals surface area contributed by atoms with E-state index in [1.165, 1.54) is 75.3 Å². The largest absolute Gasteiger partial charge is 0.507 e. The molecule has 0 amide bonds. The zero-order chi connectivity index (χ0) is 17.8. The van der Waals surface area contributed by atoms with Gasteiger partial charge in [0, 0.05) is 12.1 Å². The quantitative estimate of drug-likeness (QED) is 0.413. The van der Waals surface area contributed by atoms with Crippen molar-refractivity contribution in [3.63, 3.8) is 0 Å². The van der Waals surface area contributed by atoms with Crippen LogP contribution in [0.3, 0.4) is 0 Å². The topological polar surface area (TPSA) is 32.3 Å². The summed E-state index contributed by atoms with van der Waals surface area (Å²) >= 11 is 0. The van der Waals surface area contributed by atoms with Gasteiger partial charge < -0.3 is 10.4 Å². The Morgan fingerprint density at radius 2 is 1.33 bits per heavy atom. The first-order chi connectivity index (χ1) is 11.6. The Labute approximate surface area is 150 Å². The molecule has 0 spiro atoms. The van der Waals surface area contributed by atoms with Gasteiger partial charge in [-0.2, -0.15) is 0 Å². The van der Waals surface area contributed by atoms with Crippen molar-refractivity contribution in [1.82, 2.24) is 5.32 Å². The predicted molar refractivity (Wildman–Crippen MR) is 106 cm³/mol. The van der Waals surface area contributed by atoms with Gasteiger partial charge in [-0.25, -0.2) is 0 Å². The van der Waals surface area contributed by atoms with E-state index in [9.17, 15) is 5.11 Å². The highest BCUT2D eigenvalue weighted by atomic mass is 16.3. The molecule has 2 N–H and O–H groups in total. The van der Waals surface area contributed by atoms with Gasteiger partial charge in [0.05, 0.1) is 0 Å². The molecule has 0 saturated heterocycles. The van der Waals surface area contributed by atoms with Crippen LogP contribution in [0.15, 0.2) is 6.07 Å². The lowest BCUT2D eigenvalue weighted by molar-refractivity contribution is 0.458. The number of benzene rings is 1. The third kappa shape index (κ3) is 7.70. The van der Waals surface area contributed by atoms with Gasteiger partial charge in [0.1, 0.15) is 5.75 Å². The maximum Gasteiger partial charge on any atom is 0.123 e. The molecule has 0 aliphatic carbocycles. The monoisotopic (exact) mass is 333 g/mol. The van der Waals surface area contributed by atoms with Crippen LogP contribution in [0.25, 0.3) is 0 Å². The molecule has 1 aromatic carbocycles. The number of phenols is 1. The van der Waals surface area contributed by atoms with E-state index in [4.69, 9.17) is 0 Å². The van der Waals surface area contributed by atoms with E-state index in [0.29, 0.717) is 5.75 Å². The lowest BCUT2D eigenvalue weighted by atomic mass is 9.99. The molecule has 0 aliphatic rings. The molecule has 24 heavy (non-hydrogen) atoms. The summed E-state index contributed by atoms with van der Waals surface area (Å²) in [5, 5.41) is 13.7. The second-order valence-corrected chi connectivity index (χ2v) is 7.31. The molecule has 1 aromatic rings. The number of phenolic OH excluding ortho intramolecular Hbond substituents is 1. The van der Waals surface area contributed by atoms with Crippen LogP contribution >= 0.6 is 0 Å². The Kier molecular flexibility index (Phi) is 10.8. The minimum Gasteiger partial charge on any atom is -0.507 e. The van der Waals surface area contributed by atoms with Crippen molar-refractivity contribution in [2.45, 2.75) is 98.4 Å². The van der Waals surface area contributed by atoms with Gasteiger partial charge in [-0.05, 0) is 50.4 Å². The van der Waals surface area contributed by atoms with Crippen LogP contribution in [0.1, 0.15) is 93.4 Å². The van der Waals surface area contributed by atoms with Gasteiger partial charge in [-0.15, -0.1) is 0 Å². The van der Waals surface area contributed by atoms with E-state index in [2.05, 4.69) is 32.2 Å². The summed E-state index contributed by atoms with van der Waals surface area (Å²) in [5.74, 6) is 0.466. The van der Waals surface area contributed by atoms with Crippen molar-refractivity contribution in [1.29, 1.82) is 0 Å². The molecular formula is C22H39NO. The summed E-state index contributed by atoms with van der Waals surface area (Å²) in [7, 11) is 0. The van der Waals surface area contributed by atoms with E-state index in [-0.39, 0.29) is 0 Å². The first kappa shape index (κ1) is 21.0. The van der Waals surface area contributed by atoms with E-state index in [1.807, 2.05) is 6.92 Å². The van der Waals surface area contributed by atoms with Crippen LogP contribution in [0.4, 0.5) is 0 Å². The highest BCUT2D eigenvalue weighted by molar-refractivity contribution is 5.48. The van der Waals surface area contributed by atoms with Crippen LogP contribution in [0, 0.1) is 20.8 Å². The van der Waals surface area contributed by atoms with E-state index in [1.54, 1.807) is 0 Å². The number of rotatable bonds is 13. The molecule has 0 aromatic heterocycles. The average Bonchev–Trinajstić information content (AvgIpc) is 2.58. The van der Waals surface area contributed by atoms with Crippen molar-refractivity contribution in [2.75, 3.05) is 6.54 Å². The fourth-order valence-corrected chi connectivity index (χ4v) is 3.25. The van der Waals surface area contributed by atoms with E-state index >= 15 is 0 Å².